The Morgan fingerprint density at radius 3 is 2.67 bits per heavy atom. The topological polar surface area (TPSA) is 71.7 Å². The number of benzene rings is 1. The molecule has 2 aliphatic heterocycles. The number of nitrogens with two attached hydrogens (primary N) is 1. The molecule has 30 heavy (non-hydrogen) atoms. The van der Waals surface area contributed by atoms with Gasteiger partial charge in [-0.05, 0) is 56.0 Å². The predicted molar refractivity (Wildman–Crippen MR) is 119 cm³/mol. The van der Waals surface area contributed by atoms with Crippen molar-refractivity contribution in [3.63, 3.8) is 0 Å². The molecule has 0 aliphatic carbocycles. The van der Waals surface area contributed by atoms with Crippen molar-refractivity contribution in [2.45, 2.75) is 44.4 Å². The number of primary amides is 1. The third-order valence-corrected chi connectivity index (χ3v) is 6.43. The van der Waals surface area contributed by atoms with Crippen molar-refractivity contribution in [3.8, 4) is 0 Å². The van der Waals surface area contributed by atoms with Gasteiger partial charge in [0.05, 0.1) is 12.7 Å². The van der Waals surface area contributed by atoms with Gasteiger partial charge in [-0.2, -0.15) is 0 Å². The lowest BCUT2D eigenvalue weighted by Crippen LogP contribution is -2.56. The number of halogens is 1. The number of amides is 1. The van der Waals surface area contributed by atoms with Crippen LogP contribution in [-0.4, -0.2) is 60.2 Å². The van der Waals surface area contributed by atoms with Crippen molar-refractivity contribution < 1.29 is 9.53 Å². The minimum Gasteiger partial charge on any atom is -0.376 e. The van der Waals surface area contributed by atoms with E-state index in [0.717, 1.165) is 56.3 Å². The second-order valence-electron chi connectivity index (χ2n) is 8.31. The summed E-state index contributed by atoms with van der Waals surface area (Å²) in [7, 11) is 0. The Morgan fingerprint density at radius 2 is 1.97 bits per heavy atom. The second-order valence-corrected chi connectivity index (χ2v) is 8.75. The van der Waals surface area contributed by atoms with Crippen molar-refractivity contribution in [2.75, 3.05) is 31.1 Å². The summed E-state index contributed by atoms with van der Waals surface area (Å²) in [4.78, 5) is 20.8. The van der Waals surface area contributed by atoms with Gasteiger partial charge in [0.1, 0.15) is 5.82 Å². The van der Waals surface area contributed by atoms with Gasteiger partial charge in [0, 0.05) is 48.5 Å². The van der Waals surface area contributed by atoms with Crippen molar-refractivity contribution in [2.24, 2.45) is 5.73 Å². The monoisotopic (exact) mass is 428 g/mol. The normalized spacial score (nSPS) is 23.5. The van der Waals surface area contributed by atoms with E-state index in [4.69, 9.17) is 22.1 Å². The van der Waals surface area contributed by atoms with E-state index in [2.05, 4.69) is 33.8 Å². The highest BCUT2D eigenvalue weighted by Crippen LogP contribution is 2.27. The van der Waals surface area contributed by atoms with E-state index in [9.17, 15) is 4.79 Å². The lowest BCUT2D eigenvalue weighted by molar-refractivity contribution is -0.0745. The molecule has 6 nitrogen and oxygen atoms in total. The predicted octanol–water partition coefficient (Wildman–Crippen LogP) is 3.13. The number of carbonyl (C=O) groups excluding carboxylic acids is 1. The van der Waals surface area contributed by atoms with E-state index in [-0.39, 0.29) is 6.10 Å². The molecule has 1 aromatic carbocycles. The highest BCUT2D eigenvalue weighted by molar-refractivity contribution is 6.30. The second kappa shape index (κ2) is 9.33. The minimum atomic E-state index is -0.416. The van der Waals surface area contributed by atoms with E-state index in [1.54, 1.807) is 18.3 Å². The van der Waals surface area contributed by atoms with Gasteiger partial charge in [-0.1, -0.05) is 23.7 Å². The molecule has 7 heteroatoms. The van der Waals surface area contributed by atoms with E-state index >= 15 is 0 Å². The van der Waals surface area contributed by atoms with Crippen LogP contribution in [0.3, 0.4) is 0 Å². The van der Waals surface area contributed by atoms with Crippen LogP contribution in [-0.2, 0) is 11.2 Å². The number of pyridine rings is 1. The third kappa shape index (κ3) is 4.94. The number of hydrogen-bond donors (Lipinski definition) is 1. The Hall–Kier alpha value is -2.15. The standard InChI is InChI=1S/C23H29ClN4O2/c1-16-14-28(21(15-30-16)12-17-2-4-19(24)5-3-17)20-7-10-27(11-8-20)22-13-18(23(25)29)6-9-26-22/h2-6,9,13,16,20-21H,7-8,10-12,14-15H2,1H3,(H2,25,29)/t16-,21-/m0/s1. The highest BCUT2D eigenvalue weighted by Gasteiger charge is 2.34. The van der Waals surface area contributed by atoms with Crippen molar-refractivity contribution in [1.29, 1.82) is 0 Å². The summed E-state index contributed by atoms with van der Waals surface area (Å²) < 4.78 is 6.00. The zero-order valence-corrected chi connectivity index (χ0v) is 18.1. The maximum Gasteiger partial charge on any atom is 0.248 e. The third-order valence-electron chi connectivity index (χ3n) is 6.18. The first-order valence-corrected chi connectivity index (χ1v) is 11.0. The molecule has 0 bridgehead atoms. The first-order valence-electron chi connectivity index (χ1n) is 10.6. The van der Waals surface area contributed by atoms with Gasteiger partial charge in [0.15, 0.2) is 0 Å². The number of hydrogen-bond acceptors (Lipinski definition) is 5. The fraction of sp³-hybridized carbons (Fsp3) is 0.478. The molecule has 1 aromatic heterocycles. The molecule has 0 spiro atoms. The summed E-state index contributed by atoms with van der Waals surface area (Å²) in [5, 5.41) is 0.769. The van der Waals surface area contributed by atoms with Crippen LogP contribution in [0.1, 0.15) is 35.7 Å². The summed E-state index contributed by atoms with van der Waals surface area (Å²) in [6, 6.07) is 12.5. The molecular weight excluding hydrogens is 400 g/mol. The van der Waals surface area contributed by atoms with Crippen molar-refractivity contribution in [3.05, 3.63) is 58.7 Å². The molecule has 2 saturated heterocycles. The number of piperidine rings is 1. The van der Waals surface area contributed by atoms with Crippen LogP contribution in [0.25, 0.3) is 0 Å². The van der Waals surface area contributed by atoms with E-state index in [1.807, 2.05) is 12.1 Å². The summed E-state index contributed by atoms with van der Waals surface area (Å²) in [6.45, 7) is 5.70. The Labute approximate surface area is 183 Å². The van der Waals surface area contributed by atoms with Gasteiger partial charge in [-0.3, -0.25) is 9.69 Å². The fourth-order valence-electron chi connectivity index (χ4n) is 4.56. The van der Waals surface area contributed by atoms with Gasteiger partial charge in [0.2, 0.25) is 5.91 Å². The molecule has 0 radical (unpaired) electrons. The van der Waals surface area contributed by atoms with Gasteiger partial charge < -0.3 is 15.4 Å². The summed E-state index contributed by atoms with van der Waals surface area (Å²) >= 11 is 6.04. The molecule has 160 valence electrons. The van der Waals surface area contributed by atoms with E-state index in [0.29, 0.717) is 17.6 Å². The number of carbonyl (C=O) groups is 1. The number of ether oxygens (including phenoxy) is 1. The molecule has 1 amide bonds. The fourth-order valence-corrected chi connectivity index (χ4v) is 4.68. The first-order chi connectivity index (χ1) is 14.5. The summed E-state index contributed by atoms with van der Waals surface area (Å²) in [6.07, 6.45) is 5.00. The summed E-state index contributed by atoms with van der Waals surface area (Å²) in [5.41, 5.74) is 7.22. The van der Waals surface area contributed by atoms with Gasteiger partial charge >= 0.3 is 0 Å². The zero-order chi connectivity index (χ0) is 21.1. The largest absolute Gasteiger partial charge is 0.376 e. The van der Waals surface area contributed by atoms with Gasteiger partial charge in [-0.15, -0.1) is 0 Å². The highest BCUT2D eigenvalue weighted by atomic mass is 35.5. The summed E-state index contributed by atoms with van der Waals surface area (Å²) in [5.74, 6) is 0.415. The molecule has 3 heterocycles. The smallest absolute Gasteiger partial charge is 0.248 e. The number of aromatic nitrogens is 1. The molecule has 2 fully saturated rings. The molecule has 2 atom stereocenters. The quantitative estimate of drug-likeness (QED) is 0.792. The molecule has 0 unspecified atom stereocenters. The number of nitrogens with zero attached hydrogens (tertiary/aromatic N) is 3. The van der Waals surface area contributed by atoms with Crippen LogP contribution in [0.15, 0.2) is 42.6 Å². The van der Waals surface area contributed by atoms with E-state index < -0.39 is 5.91 Å². The van der Waals surface area contributed by atoms with Crippen LogP contribution in [0.4, 0.5) is 5.82 Å². The van der Waals surface area contributed by atoms with Gasteiger partial charge in [0.25, 0.3) is 0 Å². The zero-order valence-electron chi connectivity index (χ0n) is 17.3. The lowest BCUT2D eigenvalue weighted by Gasteiger charge is -2.46. The average molecular weight is 429 g/mol. The molecule has 2 N–H and O–H groups in total. The maximum absolute atomic E-state index is 11.5. The first kappa shape index (κ1) is 21.1. The SMILES string of the molecule is C[C@H]1CN(C2CCN(c3cc(C(N)=O)ccn3)CC2)[C@@H](Cc2ccc(Cl)cc2)CO1. The van der Waals surface area contributed by atoms with Crippen LogP contribution < -0.4 is 10.6 Å². The Balaban J connectivity index is 1.41. The molecule has 2 aromatic rings. The Morgan fingerprint density at radius 1 is 1.23 bits per heavy atom. The Kier molecular flexibility index (Phi) is 6.56. The molecule has 2 aliphatic rings. The number of rotatable bonds is 5. The molecular formula is C23H29ClN4O2. The Bertz CT molecular complexity index is 868. The average Bonchev–Trinajstić information content (AvgIpc) is 2.77. The maximum atomic E-state index is 11.5. The molecule has 4 rings (SSSR count). The van der Waals surface area contributed by atoms with E-state index in [1.165, 1.54) is 5.56 Å². The lowest BCUT2D eigenvalue weighted by atomic mass is 9.96. The van der Waals surface area contributed by atoms with Crippen LogP contribution >= 0.6 is 11.6 Å². The van der Waals surface area contributed by atoms with Crippen molar-refractivity contribution in [1.82, 2.24) is 9.88 Å². The minimum absolute atomic E-state index is 0.249. The number of morpholine rings is 1. The number of anilines is 1. The van der Waals surface area contributed by atoms with Gasteiger partial charge in [-0.25, -0.2) is 4.98 Å². The van der Waals surface area contributed by atoms with Crippen LogP contribution in [0, 0.1) is 0 Å². The van der Waals surface area contributed by atoms with Crippen LogP contribution in [0.2, 0.25) is 5.02 Å². The van der Waals surface area contributed by atoms with Crippen molar-refractivity contribution >= 4 is 23.3 Å². The molecule has 0 saturated carbocycles. The van der Waals surface area contributed by atoms with Crippen LogP contribution in [0.5, 0.6) is 0 Å².